The summed E-state index contributed by atoms with van der Waals surface area (Å²) in [6.45, 7) is 3.00. The van der Waals surface area contributed by atoms with Crippen LogP contribution in [0.1, 0.15) is 37.3 Å². The Bertz CT molecular complexity index is 795. The molecule has 2 aromatic rings. The van der Waals surface area contributed by atoms with Gasteiger partial charge >= 0.3 is 0 Å². The molecule has 0 N–H and O–H groups in total. The van der Waals surface area contributed by atoms with Crippen molar-refractivity contribution in [3.05, 3.63) is 30.4 Å². The average molecular weight is 352 g/mol. The summed E-state index contributed by atoms with van der Waals surface area (Å²) in [6.07, 6.45) is 8.45. The van der Waals surface area contributed by atoms with Gasteiger partial charge < -0.3 is 14.5 Å². The molecule has 2 atom stereocenters. The van der Waals surface area contributed by atoms with Crippen molar-refractivity contribution in [1.29, 1.82) is 0 Å². The van der Waals surface area contributed by atoms with Gasteiger partial charge in [-0.25, -0.2) is 15.0 Å². The average Bonchev–Trinajstić information content (AvgIpc) is 3.47. The summed E-state index contributed by atoms with van der Waals surface area (Å²) in [5, 5.41) is 0. The normalized spacial score (nSPS) is 25.3. The summed E-state index contributed by atoms with van der Waals surface area (Å²) in [5.74, 6) is 3.84. The lowest BCUT2D eigenvalue weighted by molar-refractivity contribution is 0.379. The Morgan fingerprint density at radius 1 is 1.08 bits per heavy atom. The molecule has 5 rings (SSSR count). The van der Waals surface area contributed by atoms with Gasteiger partial charge in [-0.1, -0.05) is 0 Å². The molecule has 2 aromatic heterocycles. The van der Waals surface area contributed by atoms with Crippen molar-refractivity contribution in [1.82, 2.24) is 19.9 Å². The van der Waals surface area contributed by atoms with Crippen molar-refractivity contribution in [3.8, 4) is 5.88 Å². The minimum Gasteiger partial charge on any atom is -0.481 e. The van der Waals surface area contributed by atoms with Crippen LogP contribution in [0.3, 0.4) is 0 Å². The highest BCUT2D eigenvalue weighted by Crippen LogP contribution is 2.41. The second-order valence-electron chi connectivity index (χ2n) is 7.52. The first-order valence-electron chi connectivity index (χ1n) is 9.52. The minimum atomic E-state index is 0.459. The third-order valence-corrected chi connectivity index (χ3v) is 5.94. The molecule has 1 aliphatic carbocycles. The molecular weight excluding hydrogens is 328 g/mol. The summed E-state index contributed by atoms with van der Waals surface area (Å²) < 4.78 is 5.26. The number of piperidine rings is 1. The lowest BCUT2D eigenvalue weighted by atomic mass is 9.92. The van der Waals surface area contributed by atoms with Crippen LogP contribution in [0, 0.1) is 5.92 Å². The molecule has 3 aliphatic rings. The van der Waals surface area contributed by atoms with Crippen molar-refractivity contribution < 1.29 is 4.74 Å². The second-order valence-corrected chi connectivity index (χ2v) is 7.52. The minimum absolute atomic E-state index is 0.459. The van der Waals surface area contributed by atoms with Crippen LogP contribution in [0.5, 0.6) is 5.88 Å². The highest BCUT2D eigenvalue weighted by atomic mass is 16.5. The number of anilines is 2. The van der Waals surface area contributed by atoms with Gasteiger partial charge in [0, 0.05) is 49.6 Å². The molecular formula is C19H24N6O. The molecule has 0 aromatic carbocycles. The second kappa shape index (κ2) is 6.37. The number of methoxy groups -OCH3 is 1. The predicted octanol–water partition coefficient (Wildman–Crippen LogP) is 2.26. The van der Waals surface area contributed by atoms with Gasteiger partial charge in [0.25, 0.3) is 0 Å². The predicted molar refractivity (Wildman–Crippen MR) is 98.7 cm³/mol. The number of hydrogen-bond donors (Lipinski definition) is 0. The van der Waals surface area contributed by atoms with Crippen molar-refractivity contribution >= 4 is 11.8 Å². The van der Waals surface area contributed by atoms with E-state index in [0.717, 1.165) is 37.3 Å². The van der Waals surface area contributed by atoms with E-state index in [2.05, 4.69) is 35.8 Å². The van der Waals surface area contributed by atoms with Gasteiger partial charge in [0.15, 0.2) is 0 Å². The maximum atomic E-state index is 5.26. The Kier molecular flexibility index (Phi) is 3.87. The molecule has 7 nitrogen and oxygen atoms in total. The zero-order valence-electron chi connectivity index (χ0n) is 15.1. The summed E-state index contributed by atoms with van der Waals surface area (Å²) >= 11 is 0. The van der Waals surface area contributed by atoms with Crippen LogP contribution in [0.15, 0.2) is 24.7 Å². The zero-order chi connectivity index (χ0) is 17.5. The van der Waals surface area contributed by atoms with Gasteiger partial charge in [-0.2, -0.15) is 4.98 Å². The fourth-order valence-corrected chi connectivity index (χ4v) is 4.33. The molecule has 26 heavy (non-hydrogen) atoms. The molecule has 2 aliphatic heterocycles. The molecule has 0 amide bonds. The number of fused-ring (bicyclic) bond motifs is 1. The standard InChI is InChI=1S/C19H24N6O/c1-26-18-4-7-20-19(23-18)24-8-5-14-6-9-25(16(14)11-24)17-10-15(13-2-3-13)21-12-22-17/h4,7,10,12-14,16H,2-3,5-6,8-9,11H2,1H3. The first-order chi connectivity index (χ1) is 12.8. The van der Waals surface area contributed by atoms with E-state index in [-0.39, 0.29) is 0 Å². The van der Waals surface area contributed by atoms with Crippen molar-refractivity contribution in [2.24, 2.45) is 5.92 Å². The number of aromatic nitrogens is 4. The molecule has 0 bridgehead atoms. The van der Waals surface area contributed by atoms with Gasteiger partial charge in [0.1, 0.15) is 12.1 Å². The quantitative estimate of drug-likeness (QED) is 0.836. The lowest BCUT2D eigenvalue weighted by Crippen LogP contribution is -2.49. The van der Waals surface area contributed by atoms with Crippen LogP contribution in [0.4, 0.5) is 11.8 Å². The van der Waals surface area contributed by atoms with Gasteiger partial charge in [-0.3, -0.25) is 0 Å². The maximum absolute atomic E-state index is 5.26. The molecule has 0 spiro atoms. The highest BCUT2D eigenvalue weighted by molar-refractivity contribution is 5.45. The summed E-state index contributed by atoms with van der Waals surface area (Å²) in [4.78, 5) is 22.8. The third-order valence-electron chi connectivity index (χ3n) is 5.94. The van der Waals surface area contributed by atoms with E-state index >= 15 is 0 Å². The highest BCUT2D eigenvalue weighted by Gasteiger charge is 2.40. The third kappa shape index (κ3) is 2.85. The number of hydrogen-bond acceptors (Lipinski definition) is 7. The Hall–Kier alpha value is -2.44. The summed E-state index contributed by atoms with van der Waals surface area (Å²) in [7, 11) is 1.64. The van der Waals surface area contributed by atoms with Crippen LogP contribution in [0.2, 0.25) is 0 Å². The molecule has 4 heterocycles. The first-order valence-corrected chi connectivity index (χ1v) is 9.52. The number of nitrogens with zero attached hydrogens (tertiary/aromatic N) is 6. The molecule has 0 radical (unpaired) electrons. The topological polar surface area (TPSA) is 67.3 Å². The van der Waals surface area contributed by atoms with E-state index in [1.54, 1.807) is 25.7 Å². The van der Waals surface area contributed by atoms with Crippen LogP contribution in [0.25, 0.3) is 0 Å². The molecule has 7 heteroatoms. The van der Waals surface area contributed by atoms with Gasteiger partial charge in [0.05, 0.1) is 13.2 Å². The summed E-state index contributed by atoms with van der Waals surface area (Å²) in [5.41, 5.74) is 1.21. The smallest absolute Gasteiger partial charge is 0.228 e. The van der Waals surface area contributed by atoms with E-state index in [1.807, 2.05) is 0 Å². The Morgan fingerprint density at radius 2 is 1.96 bits per heavy atom. The maximum Gasteiger partial charge on any atom is 0.228 e. The van der Waals surface area contributed by atoms with Crippen LogP contribution in [-0.2, 0) is 0 Å². The van der Waals surface area contributed by atoms with E-state index in [9.17, 15) is 0 Å². The SMILES string of the molecule is COc1ccnc(N2CCC3CCN(c4cc(C5CC5)ncn4)C3C2)n1. The van der Waals surface area contributed by atoms with E-state index in [1.165, 1.54) is 31.4 Å². The number of rotatable bonds is 4. The Balaban J connectivity index is 1.38. The van der Waals surface area contributed by atoms with Crippen molar-refractivity contribution in [2.75, 3.05) is 36.5 Å². The zero-order valence-corrected chi connectivity index (χ0v) is 15.1. The fraction of sp³-hybridized carbons (Fsp3) is 0.579. The van der Waals surface area contributed by atoms with E-state index in [4.69, 9.17) is 4.74 Å². The van der Waals surface area contributed by atoms with Gasteiger partial charge in [-0.05, 0) is 31.6 Å². The van der Waals surface area contributed by atoms with E-state index in [0.29, 0.717) is 17.8 Å². The Labute approximate surface area is 153 Å². The fourth-order valence-electron chi connectivity index (χ4n) is 4.33. The van der Waals surface area contributed by atoms with E-state index < -0.39 is 0 Å². The van der Waals surface area contributed by atoms with Crippen LogP contribution in [-0.4, -0.2) is 52.7 Å². The lowest BCUT2D eigenvalue weighted by Gasteiger charge is -2.38. The molecule has 1 saturated carbocycles. The molecule has 3 fully saturated rings. The monoisotopic (exact) mass is 352 g/mol. The first kappa shape index (κ1) is 15.8. The Morgan fingerprint density at radius 3 is 2.81 bits per heavy atom. The largest absolute Gasteiger partial charge is 0.481 e. The summed E-state index contributed by atoms with van der Waals surface area (Å²) in [6, 6.07) is 4.46. The number of ether oxygens (including phenoxy) is 1. The van der Waals surface area contributed by atoms with Crippen LogP contribution < -0.4 is 14.5 Å². The van der Waals surface area contributed by atoms with Gasteiger partial charge in [-0.15, -0.1) is 0 Å². The van der Waals surface area contributed by atoms with Gasteiger partial charge in [0.2, 0.25) is 11.8 Å². The molecule has 2 unspecified atom stereocenters. The van der Waals surface area contributed by atoms with Crippen molar-refractivity contribution in [2.45, 2.75) is 37.6 Å². The van der Waals surface area contributed by atoms with Crippen molar-refractivity contribution in [3.63, 3.8) is 0 Å². The molecule has 136 valence electrons. The van der Waals surface area contributed by atoms with Crippen LogP contribution >= 0.6 is 0 Å². The molecule has 2 saturated heterocycles.